The topological polar surface area (TPSA) is 99.4 Å². The Morgan fingerprint density at radius 2 is 1.70 bits per heavy atom. The fourth-order valence-corrected chi connectivity index (χ4v) is 2.28. The van der Waals surface area contributed by atoms with Gasteiger partial charge in [-0.25, -0.2) is 0 Å². The SMILES string of the molecule is C=CC(=C)/C=C/C=C(C)/C=C/C=C(\C)COC1O[C@H](CO)[C@@H](O)[C@H](O)[C@H]1O. The van der Waals surface area contributed by atoms with Crippen molar-refractivity contribution in [3.8, 4) is 0 Å². The van der Waals surface area contributed by atoms with Crippen LogP contribution in [0.4, 0.5) is 0 Å². The van der Waals surface area contributed by atoms with Gasteiger partial charge in [-0.3, -0.25) is 0 Å². The molecule has 150 valence electrons. The Morgan fingerprint density at radius 3 is 2.33 bits per heavy atom. The summed E-state index contributed by atoms with van der Waals surface area (Å²) in [6, 6.07) is 0. The van der Waals surface area contributed by atoms with Crippen LogP contribution in [0.5, 0.6) is 0 Å². The molecule has 4 N–H and O–H groups in total. The molecule has 1 aliphatic rings. The van der Waals surface area contributed by atoms with E-state index in [1.54, 1.807) is 6.08 Å². The second-order valence-electron chi connectivity index (χ2n) is 6.43. The molecule has 1 aliphatic heterocycles. The van der Waals surface area contributed by atoms with Crippen LogP contribution < -0.4 is 0 Å². The minimum absolute atomic E-state index is 0.162. The van der Waals surface area contributed by atoms with E-state index in [0.29, 0.717) is 0 Å². The average molecular weight is 378 g/mol. The van der Waals surface area contributed by atoms with Crippen molar-refractivity contribution < 1.29 is 29.9 Å². The van der Waals surface area contributed by atoms with Crippen LogP contribution in [0.3, 0.4) is 0 Å². The first-order chi connectivity index (χ1) is 12.8. The van der Waals surface area contributed by atoms with Crippen LogP contribution in [0.1, 0.15) is 13.8 Å². The van der Waals surface area contributed by atoms with Crippen LogP contribution in [-0.2, 0) is 9.47 Å². The Kier molecular flexibility index (Phi) is 10.2. The molecule has 27 heavy (non-hydrogen) atoms. The van der Waals surface area contributed by atoms with E-state index in [1.807, 2.05) is 50.3 Å². The molecule has 0 aromatic rings. The minimum atomic E-state index is -1.44. The van der Waals surface area contributed by atoms with E-state index >= 15 is 0 Å². The highest BCUT2D eigenvalue weighted by molar-refractivity contribution is 5.31. The van der Waals surface area contributed by atoms with Gasteiger partial charge >= 0.3 is 0 Å². The van der Waals surface area contributed by atoms with Crippen LogP contribution in [-0.4, -0.2) is 64.3 Å². The molecule has 6 heteroatoms. The van der Waals surface area contributed by atoms with Crippen LogP contribution in [0.25, 0.3) is 0 Å². The Labute approximate surface area is 160 Å². The van der Waals surface area contributed by atoms with Gasteiger partial charge in [-0.1, -0.05) is 61.3 Å². The van der Waals surface area contributed by atoms with E-state index in [-0.39, 0.29) is 6.61 Å². The first-order valence-corrected chi connectivity index (χ1v) is 8.72. The van der Waals surface area contributed by atoms with Gasteiger partial charge < -0.3 is 29.9 Å². The molecule has 0 aromatic carbocycles. The standard InChI is InChI=1S/C21H30O6/c1-5-14(2)8-6-9-15(3)10-7-11-16(4)13-26-21-20(25)19(24)18(23)17(12-22)27-21/h5-11,17-25H,1-2,12-13H2,3-4H3/b8-6+,10-7+,15-9+,16-11+/t17-,18-,19+,20-,21?/m1/s1. The smallest absolute Gasteiger partial charge is 0.187 e. The van der Waals surface area contributed by atoms with Crippen molar-refractivity contribution in [2.45, 2.75) is 44.6 Å². The largest absolute Gasteiger partial charge is 0.394 e. The molecule has 1 heterocycles. The van der Waals surface area contributed by atoms with Gasteiger partial charge in [0.05, 0.1) is 13.2 Å². The van der Waals surface area contributed by atoms with Gasteiger partial charge in [0.1, 0.15) is 24.4 Å². The molecule has 0 spiro atoms. The summed E-state index contributed by atoms with van der Waals surface area (Å²) in [4.78, 5) is 0. The number of aliphatic hydroxyl groups excluding tert-OH is 4. The Hall–Kier alpha value is -1.80. The van der Waals surface area contributed by atoms with E-state index in [4.69, 9.17) is 14.6 Å². The van der Waals surface area contributed by atoms with E-state index in [2.05, 4.69) is 13.2 Å². The lowest BCUT2D eigenvalue weighted by Gasteiger charge is -2.39. The maximum atomic E-state index is 9.92. The fourth-order valence-electron chi connectivity index (χ4n) is 2.28. The van der Waals surface area contributed by atoms with E-state index < -0.39 is 37.3 Å². The molecule has 0 saturated carbocycles. The summed E-state index contributed by atoms with van der Waals surface area (Å²) in [5, 5.41) is 38.6. The zero-order valence-corrected chi connectivity index (χ0v) is 15.9. The summed E-state index contributed by atoms with van der Waals surface area (Å²) < 4.78 is 10.8. The van der Waals surface area contributed by atoms with E-state index in [1.165, 1.54) is 0 Å². The lowest BCUT2D eigenvalue weighted by Crippen LogP contribution is -2.59. The Bertz CT molecular complexity index is 614. The molecule has 0 aromatic heterocycles. The van der Waals surface area contributed by atoms with Crippen molar-refractivity contribution in [1.29, 1.82) is 0 Å². The molecular weight excluding hydrogens is 348 g/mol. The van der Waals surface area contributed by atoms with Crippen molar-refractivity contribution in [1.82, 2.24) is 0 Å². The van der Waals surface area contributed by atoms with Gasteiger partial charge in [0.2, 0.25) is 0 Å². The lowest BCUT2D eigenvalue weighted by molar-refractivity contribution is -0.299. The first-order valence-electron chi connectivity index (χ1n) is 8.72. The summed E-state index contributed by atoms with van der Waals surface area (Å²) in [7, 11) is 0. The second kappa shape index (κ2) is 11.8. The second-order valence-corrected chi connectivity index (χ2v) is 6.43. The normalized spacial score (nSPS) is 30.2. The van der Waals surface area contributed by atoms with Gasteiger partial charge in [-0.2, -0.15) is 0 Å². The molecular formula is C21H30O6. The quantitative estimate of drug-likeness (QED) is 0.455. The molecule has 1 unspecified atom stereocenters. The maximum Gasteiger partial charge on any atom is 0.187 e. The number of hydrogen-bond acceptors (Lipinski definition) is 6. The van der Waals surface area contributed by atoms with Gasteiger partial charge in [0.25, 0.3) is 0 Å². The van der Waals surface area contributed by atoms with Crippen LogP contribution in [0.15, 0.2) is 72.4 Å². The molecule has 1 rings (SSSR count). The molecule has 0 aliphatic carbocycles. The highest BCUT2D eigenvalue weighted by Gasteiger charge is 2.43. The summed E-state index contributed by atoms with van der Waals surface area (Å²) in [6.45, 7) is 10.9. The predicted molar refractivity (Wildman–Crippen MR) is 105 cm³/mol. The zero-order valence-electron chi connectivity index (χ0n) is 15.9. The number of allylic oxidation sites excluding steroid dienone is 9. The third-order valence-electron chi connectivity index (χ3n) is 4.00. The van der Waals surface area contributed by atoms with Crippen LogP contribution >= 0.6 is 0 Å². The maximum absolute atomic E-state index is 9.92. The van der Waals surface area contributed by atoms with Crippen molar-refractivity contribution in [3.05, 3.63) is 72.4 Å². The number of ether oxygens (including phenoxy) is 2. The zero-order chi connectivity index (χ0) is 20.4. The summed E-state index contributed by atoms with van der Waals surface area (Å²) in [5.41, 5.74) is 2.75. The van der Waals surface area contributed by atoms with Gasteiger partial charge in [-0.15, -0.1) is 0 Å². The Morgan fingerprint density at radius 1 is 1.04 bits per heavy atom. The molecule has 1 fully saturated rings. The summed E-state index contributed by atoms with van der Waals surface area (Å²) in [6.07, 6.45) is 6.69. The monoisotopic (exact) mass is 378 g/mol. The van der Waals surface area contributed by atoms with Gasteiger partial charge in [0.15, 0.2) is 6.29 Å². The van der Waals surface area contributed by atoms with E-state index in [9.17, 15) is 15.3 Å². The van der Waals surface area contributed by atoms with Crippen LogP contribution in [0, 0.1) is 0 Å². The molecule has 6 nitrogen and oxygen atoms in total. The molecule has 5 atom stereocenters. The van der Waals surface area contributed by atoms with Crippen molar-refractivity contribution >= 4 is 0 Å². The predicted octanol–water partition coefficient (Wildman–Crippen LogP) is 1.55. The van der Waals surface area contributed by atoms with Crippen molar-refractivity contribution in [3.63, 3.8) is 0 Å². The van der Waals surface area contributed by atoms with Crippen LogP contribution in [0.2, 0.25) is 0 Å². The van der Waals surface area contributed by atoms with E-state index in [0.717, 1.165) is 16.7 Å². The molecule has 0 radical (unpaired) electrons. The summed E-state index contributed by atoms with van der Waals surface area (Å²) in [5.74, 6) is 0. The van der Waals surface area contributed by atoms with Gasteiger partial charge in [0, 0.05) is 0 Å². The highest BCUT2D eigenvalue weighted by Crippen LogP contribution is 2.22. The average Bonchev–Trinajstić information content (AvgIpc) is 2.65. The highest BCUT2D eigenvalue weighted by atomic mass is 16.7. The Balaban J connectivity index is 2.54. The number of hydrogen-bond donors (Lipinski definition) is 4. The number of rotatable bonds is 9. The van der Waals surface area contributed by atoms with Crippen molar-refractivity contribution in [2.24, 2.45) is 0 Å². The minimum Gasteiger partial charge on any atom is -0.394 e. The lowest BCUT2D eigenvalue weighted by atomic mass is 9.99. The first kappa shape index (κ1) is 23.2. The third kappa shape index (κ3) is 7.76. The molecule has 1 saturated heterocycles. The molecule has 0 amide bonds. The molecule has 0 bridgehead atoms. The van der Waals surface area contributed by atoms with Gasteiger partial charge in [-0.05, 0) is 25.0 Å². The third-order valence-corrected chi connectivity index (χ3v) is 4.00. The summed E-state index contributed by atoms with van der Waals surface area (Å²) >= 11 is 0. The van der Waals surface area contributed by atoms with Crippen molar-refractivity contribution in [2.75, 3.05) is 13.2 Å². The number of aliphatic hydroxyl groups is 4. The fraction of sp³-hybridized carbons (Fsp3) is 0.429.